The van der Waals surface area contributed by atoms with E-state index in [2.05, 4.69) is 5.32 Å². The van der Waals surface area contributed by atoms with Crippen LogP contribution in [-0.4, -0.2) is 39.4 Å². The van der Waals surface area contributed by atoms with Crippen molar-refractivity contribution in [2.45, 2.75) is 19.8 Å². The minimum atomic E-state index is -0.301. The van der Waals surface area contributed by atoms with E-state index in [9.17, 15) is 9.59 Å². The Morgan fingerprint density at radius 1 is 1.03 bits per heavy atom. The quantitative estimate of drug-likeness (QED) is 0.324. The number of amides is 2. The normalized spacial score (nSPS) is 12.8. The van der Waals surface area contributed by atoms with E-state index in [4.69, 9.17) is 16.6 Å². The number of anilines is 1. The molecular weight excluding hydrogens is 472 g/mol. The van der Waals surface area contributed by atoms with Crippen LogP contribution in [0.25, 0.3) is 16.9 Å². The lowest BCUT2D eigenvalue weighted by atomic mass is 10.1. The molecule has 6 nitrogen and oxygen atoms in total. The zero-order valence-corrected chi connectivity index (χ0v) is 20.8. The van der Waals surface area contributed by atoms with Crippen molar-refractivity contribution in [3.63, 3.8) is 0 Å². The Balaban J connectivity index is 1.40. The number of hydrogen-bond acceptors (Lipinski definition) is 3. The second-order valence-electron chi connectivity index (χ2n) is 9.21. The summed E-state index contributed by atoms with van der Waals surface area (Å²) in [5.74, 6) is 0.380. The Bertz CT molecular complexity index is 1380. The van der Waals surface area contributed by atoms with Gasteiger partial charge in [-0.1, -0.05) is 65.7 Å². The van der Waals surface area contributed by atoms with Gasteiger partial charge in [-0.15, -0.1) is 0 Å². The Morgan fingerprint density at radius 2 is 1.78 bits per heavy atom. The maximum absolute atomic E-state index is 13.2. The molecule has 3 aromatic carbocycles. The fourth-order valence-corrected chi connectivity index (χ4v) is 4.27. The number of carbonyl (C=O) groups excluding carboxylic acids is 2. The number of carbonyl (C=O) groups is 2. The van der Waals surface area contributed by atoms with Gasteiger partial charge in [0.15, 0.2) is 0 Å². The first-order chi connectivity index (χ1) is 17.5. The average molecular weight is 499 g/mol. The van der Waals surface area contributed by atoms with Crippen LogP contribution in [-0.2, 0) is 4.79 Å². The van der Waals surface area contributed by atoms with E-state index in [1.54, 1.807) is 15.5 Å². The first-order valence-electron chi connectivity index (χ1n) is 12.0. The number of benzene rings is 3. The molecule has 2 amide bonds. The van der Waals surface area contributed by atoms with E-state index in [-0.39, 0.29) is 18.4 Å². The molecule has 7 heteroatoms. The van der Waals surface area contributed by atoms with Gasteiger partial charge < -0.3 is 4.90 Å². The summed E-state index contributed by atoms with van der Waals surface area (Å²) in [6.07, 6.45) is 4.04. The molecular formula is C29H27ClN4O2. The molecule has 0 saturated heterocycles. The van der Waals surface area contributed by atoms with Crippen molar-refractivity contribution in [2.24, 2.45) is 5.92 Å². The number of rotatable bonds is 8. The van der Waals surface area contributed by atoms with E-state index in [1.807, 2.05) is 85.9 Å². The lowest BCUT2D eigenvalue weighted by Gasteiger charge is -2.22. The highest BCUT2D eigenvalue weighted by molar-refractivity contribution is 6.30. The van der Waals surface area contributed by atoms with Crippen molar-refractivity contribution in [3.8, 4) is 16.9 Å². The summed E-state index contributed by atoms with van der Waals surface area (Å²) in [4.78, 5) is 32.8. The Labute approximate surface area is 215 Å². The molecule has 0 spiro atoms. The second-order valence-corrected chi connectivity index (χ2v) is 9.65. The van der Waals surface area contributed by atoms with Gasteiger partial charge in [-0.2, -0.15) is 0 Å². The second kappa shape index (κ2) is 10.4. The van der Waals surface area contributed by atoms with Crippen molar-refractivity contribution in [3.05, 3.63) is 101 Å². The summed E-state index contributed by atoms with van der Waals surface area (Å²) in [5.41, 5.74) is 4.09. The Hall–Kier alpha value is -3.90. The SMILES string of the molecule is Cc1ccc(C(=O)N(CC(=O)Nc2nc(-c3ccccc3)cn2-c2cccc(Cl)c2)CC2CC2)cc1. The number of aromatic nitrogens is 2. The van der Waals surface area contributed by atoms with Gasteiger partial charge in [-0.05, 0) is 56.0 Å². The van der Waals surface area contributed by atoms with Crippen molar-refractivity contribution in [1.82, 2.24) is 14.5 Å². The average Bonchev–Trinajstić information content (AvgIpc) is 3.61. The number of aryl methyl sites for hydroxylation is 1. The fourth-order valence-electron chi connectivity index (χ4n) is 4.09. The van der Waals surface area contributed by atoms with Crippen LogP contribution in [0.2, 0.25) is 5.02 Å². The molecule has 1 saturated carbocycles. The number of nitrogens with zero attached hydrogens (tertiary/aromatic N) is 3. The van der Waals surface area contributed by atoms with E-state index in [1.165, 1.54) is 0 Å². The van der Waals surface area contributed by atoms with Gasteiger partial charge in [0.25, 0.3) is 5.91 Å². The third kappa shape index (κ3) is 5.66. The minimum absolute atomic E-state index is 0.0493. The van der Waals surface area contributed by atoms with Gasteiger partial charge in [0, 0.05) is 34.6 Å². The molecule has 0 radical (unpaired) electrons. The molecule has 36 heavy (non-hydrogen) atoms. The highest BCUT2D eigenvalue weighted by Gasteiger charge is 2.29. The molecule has 1 aliphatic carbocycles. The molecule has 1 N–H and O–H groups in total. The van der Waals surface area contributed by atoms with Crippen LogP contribution >= 0.6 is 11.6 Å². The Morgan fingerprint density at radius 3 is 2.47 bits per heavy atom. The van der Waals surface area contributed by atoms with Crippen molar-refractivity contribution < 1.29 is 9.59 Å². The summed E-state index contributed by atoms with van der Waals surface area (Å²) in [6.45, 7) is 2.50. The lowest BCUT2D eigenvalue weighted by Crippen LogP contribution is -2.39. The number of hydrogen-bond donors (Lipinski definition) is 1. The van der Waals surface area contributed by atoms with Gasteiger partial charge >= 0.3 is 0 Å². The van der Waals surface area contributed by atoms with Crippen LogP contribution in [0.1, 0.15) is 28.8 Å². The smallest absolute Gasteiger partial charge is 0.254 e. The molecule has 1 fully saturated rings. The highest BCUT2D eigenvalue weighted by atomic mass is 35.5. The van der Waals surface area contributed by atoms with E-state index in [0.717, 1.165) is 35.3 Å². The molecule has 1 aromatic heterocycles. The lowest BCUT2D eigenvalue weighted by molar-refractivity contribution is -0.117. The zero-order chi connectivity index (χ0) is 25.1. The van der Waals surface area contributed by atoms with Crippen LogP contribution in [0.5, 0.6) is 0 Å². The number of nitrogens with one attached hydrogen (secondary N) is 1. The number of imidazole rings is 1. The van der Waals surface area contributed by atoms with Crippen molar-refractivity contribution >= 4 is 29.4 Å². The molecule has 0 bridgehead atoms. The van der Waals surface area contributed by atoms with Crippen molar-refractivity contribution in [2.75, 3.05) is 18.4 Å². The van der Waals surface area contributed by atoms with Gasteiger partial charge in [0.1, 0.15) is 6.54 Å². The largest absolute Gasteiger partial charge is 0.329 e. The van der Waals surface area contributed by atoms with E-state index < -0.39 is 0 Å². The minimum Gasteiger partial charge on any atom is -0.329 e. The molecule has 0 aliphatic heterocycles. The maximum atomic E-state index is 13.2. The first-order valence-corrected chi connectivity index (χ1v) is 12.4. The summed E-state index contributed by atoms with van der Waals surface area (Å²) < 4.78 is 1.80. The summed E-state index contributed by atoms with van der Waals surface area (Å²) in [5, 5.41) is 3.52. The highest BCUT2D eigenvalue weighted by Crippen LogP contribution is 2.30. The zero-order valence-electron chi connectivity index (χ0n) is 20.0. The topological polar surface area (TPSA) is 67.2 Å². The summed E-state index contributed by atoms with van der Waals surface area (Å²) in [6, 6.07) is 24.6. The van der Waals surface area contributed by atoms with E-state index >= 15 is 0 Å². The van der Waals surface area contributed by atoms with Crippen molar-refractivity contribution in [1.29, 1.82) is 0 Å². The standard InChI is InChI=1S/C29H27ClN4O2/c1-20-10-14-23(15-11-20)28(36)33(17-21-12-13-21)19-27(35)32-29-31-26(22-6-3-2-4-7-22)18-34(29)25-9-5-8-24(30)16-25/h2-11,14-16,18,21H,12-13,17,19H2,1H3,(H,31,32,35). The third-order valence-corrected chi connectivity index (χ3v) is 6.44. The Kier molecular flexibility index (Phi) is 6.87. The maximum Gasteiger partial charge on any atom is 0.254 e. The summed E-state index contributed by atoms with van der Waals surface area (Å²) in [7, 11) is 0. The predicted molar refractivity (Wildman–Crippen MR) is 142 cm³/mol. The van der Waals surface area contributed by atoms with Crippen LogP contribution in [0.15, 0.2) is 85.1 Å². The third-order valence-electron chi connectivity index (χ3n) is 6.21. The summed E-state index contributed by atoms with van der Waals surface area (Å²) >= 11 is 6.24. The monoisotopic (exact) mass is 498 g/mol. The molecule has 1 aliphatic rings. The van der Waals surface area contributed by atoms with E-state index in [0.29, 0.717) is 29.0 Å². The molecule has 5 rings (SSSR count). The molecule has 1 heterocycles. The van der Waals surface area contributed by atoms with Crippen LogP contribution in [0, 0.1) is 12.8 Å². The molecule has 0 atom stereocenters. The van der Waals surface area contributed by atoms with Gasteiger partial charge in [0.05, 0.1) is 5.69 Å². The van der Waals surface area contributed by atoms with Crippen LogP contribution in [0.4, 0.5) is 5.95 Å². The van der Waals surface area contributed by atoms with Crippen LogP contribution in [0.3, 0.4) is 0 Å². The van der Waals surface area contributed by atoms with Gasteiger partial charge in [-0.25, -0.2) is 4.98 Å². The molecule has 182 valence electrons. The fraction of sp³-hybridized carbons (Fsp3) is 0.207. The van der Waals surface area contributed by atoms with Crippen LogP contribution < -0.4 is 5.32 Å². The van der Waals surface area contributed by atoms with Gasteiger partial charge in [0.2, 0.25) is 11.9 Å². The van der Waals surface area contributed by atoms with Gasteiger partial charge in [-0.3, -0.25) is 19.5 Å². The predicted octanol–water partition coefficient (Wildman–Crippen LogP) is 5.99. The molecule has 0 unspecified atom stereocenters. The first kappa shape index (κ1) is 23.8. The number of halogens is 1. The molecule has 4 aromatic rings.